The summed E-state index contributed by atoms with van der Waals surface area (Å²) in [4.78, 5) is 12.1. The molecule has 0 radical (unpaired) electrons. The van der Waals surface area contributed by atoms with Gasteiger partial charge in [-0.15, -0.1) is 11.3 Å². The number of benzene rings is 10. The molecule has 5 nitrogen and oxygen atoms in total. The third kappa shape index (κ3) is 5.49. The van der Waals surface area contributed by atoms with Crippen LogP contribution in [0.1, 0.15) is 0 Å². The van der Waals surface area contributed by atoms with E-state index in [9.17, 15) is 0 Å². The molecule has 5 aromatic heterocycles. The predicted molar refractivity (Wildman–Crippen MR) is 285 cm³/mol. The van der Waals surface area contributed by atoms with Crippen molar-refractivity contribution >= 4 is 109 Å². The molecule has 0 amide bonds. The Kier molecular flexibility index (Phi) is 7.88. The second kappa shape index (κ2) is 14.3. The Morgan fingerprint density at radius 3 is 1.62 bits per heavy atom. The van der Waals surface area contributed by atoms with E-state index in [1.54, 1.807) is 11.3 Å². The van der Waals surface area contributed by atoms with E-state index in [0.717, 1.165) is 82.2 Å². The van der Waals surface area contributed by atoms with Crippen LogP contribution in [-0.4, -0.2) is 19.1 Å². The van der Waals surface area contributed by atoms with Crippen LogP contribution in [0.15, 0.2) is 223 Å². The minimum atomic E-state index is 0.652. The third-order valence-electron chi connectivity index (χ3n) is 13.9. The molecule has 15 rings (SSSR count). The van der Waals surface area contributed by atoms with Crippen LogP contribution in [0.2, 0.25) is 0 Å². The Morgan fingerprint density at radius 2 is 0.926 bits per heavy atom. The quantitative estimate of drug-likeness (QED) is 0.173. The van der Waals surface area contributed by atoms with Gasteiger partial charge in [-0.3, -0.25) is 4.57 Å². The molecule has 0 N–H and O–H groups in total. The van der Waals surface area contributed by atoms with E-state index >= 15 is 0 Å². The Labute approximate surface area is 393 Å². The number of para-hydroxylation sites is 1. The fourth-order valence-corrected chi connectivity index (χ4v) is 12.0. The van der Waals surface area contributed by atoms with Gasteiger partial charge in [0, 0.05) is 48.4 Å². The van der Waals surface area contributed by atoms with Crippen LogP contribution in [0.25, 0.3) is 142 Å². The van der Waals surface area contributed by atoms with Crippen molar-refractivity contribution in [3.8, 4) is 44.5 Å². The lowest BCUT2D eigenvalue weighted by atomic mass is 9.98. The highest BCUT2D eigenvalue weighted by atomic mass is 32.1. The van der Waals surface area contributed by atoms with Crippen molar-refractivity contribution in [2.45, 2.75) is 0 Å². The number of fused-ring (bicyclic) bond motifs is 14. The van der Waals surface area contributed by atoms with Crippen LogP contribution in [0.5, 0.6) is 0 Å². The second-order valence-corrected chi connectivity index (χ2v) is 18.8. The summed E-state index contributed by atoms with van der Waals surface area (Å²) in [7, 11) is 0. The molecule has 0 unspecified atom stereocenters. The van der Waals surface area contributed by atoms with E-state index in [-0.39, 0.29) is 0 Å². The molecule has 0 fully saturated rings. The van der Waals surface area contributed by atoms with Gasteiger partial charge in [0.15, 0.2) is 0 Å². The van der Waals surface area contributed by atoms with E-state index < -0.39 is 0 Å². The smallest absolute Gasteiger partial charge is 0.235 e. The van der Waals surface area contributed by atoms with Crippen molar-refractivity contribution in [1.82, 2.24) is 19.1 Å². The Morgan fingerprint density at radius 1 is 0.368 bits per heavy atom. The number of hydrogen-bond acceptors (Lipinski definition) is 4. The first-order chi connectivity index (χ1) is 33.7. The average Bonchev–Trinajstić information content (AvgIpc) is 4.18. The molecule has 0 spiro atoms. The molecule has 15 aromatic rings. The first-order valence-corrected chi connectivity index (χ1v) is 23.8. The van der Waals surface area contributed by atoms with Gasteiger partial charge in [0.2, 0.25) is 5.95 Å². The number of furan rings is 1. The highest BCUT2D eigenvalue weighted by molar-refractivity contribution is 7.22. The lowest BCUT2D eigenvalue weighted by Gasteiger charge is -2.10. The molecule has 5 heterocycles. The van der Waals surface area contributed by atoms with Crippen LogP contribution >= 0.6 is 11.3 Å². The summed E-state index contributed by atoms with van der Waals surface area (Å²) in [6.07, 6.45) is 0. The summed E-state index contributed by atoms with van der Waals surface area (Å²) in [6.45, 7) is 0. The van der Waals surface area contributed by atoms with Gasteiger partial charge in [-0.25, -0.2) is 9.97 Å². The van der Waals surface area contributed by atoms with E-state index in [4.69, 9.17) is 14.4 Å². The van der Waals surface area contributed by atoms with Crippen LogP contribution in [0.4, 0.5) is 0 Å². The Balaban J connectivity index is 0.965. The van der Waals surface area contributed by atoms with Crippen molar-refractivity contribution in [2.24, 2.45) is 0 Å². The standard InChI is InChI=1S/C62H36N4OS/c1-3-15-39(16-4-1)57-36-50-61(68-57)60(40-17-5-2-6-18-40)64-62(63-50)66-52-29-26-42(34-49(52)59-45-20-10-8-14-38(45)24-31-54(59)66)41-25-28-51-48(33-41)58-44-19-9-7-13-37(44)23-30-53(58)65(51)43-27-32-56-47(35-43)46-21-11-12-22-55(46)67-56/h1-36H. The topological polar surface area (TPSA) is 48.8 Å². The summed E-state index contributed by atoms with van der Waals surface area (Å²) in [5.41, 5.74) is 13.7. The number of rotatable bonds is 5. The molecule has 0 saturated carbocycles. The van der Waals surface area contributed by atoms with E-state index in [1.807, 2.05) is 12.1 Å². The average molecular weight is 885 g/mol. The molecular formula is C62H36N4OS. The molecule has 10 aromatic carbocycles. The van der Waals surface area contributed by atoms with Gasteiger partial charge in [-0.2, -0.15) is 0 Å². The molecule has 0 atom stereocenters. The highest BCUT2D eigenvalue weighted by Gasteiger charge is 2.22. The van der Waals surface area contributed by atoms with Gasteiger partial charge in [0.05, 0.1) is 38.0 Å². The molecule has 0 aliphatic rings. The molecule has 0 bridgehead atoms. The molecule has 0 saturated heterocycles. The van der Waals surface area contributed by atoms with Crippen LogP contribution < -0.4 is 0 Å². The van der Waals surface area contributed by atoms with Gasteiger partial charge in [0.1, 0.15) is 11.2 Å². The molecule has 316 valence electrons. The zero-order valence-electron chi connectivity index (χ0n) is 36.4. The highest BCUT2D eigenvalue weighted by Crippen LogP contribution is 2.44. The van der Waals surface area contributed by atoms with E-state index in [2.05, 4.69) is 215 Å². The zero-order chi connectivity index (χ0) is 44.5. The van der Waals surface area contributed by atoms with Gasteiger partial charge >= 0.3 is 0 Å². The second-order valence-electron chi connectivity index (χ2n) is 17.7. The van der Waals surface area contributed by atoms with Crippen molar-refractivity contribution < 1.29 is 4.42 Å². The minimum Gasteiger partial charge on any atom is -0.456 e. The summed E-state index contributed by atoms with van der Waals surface area (Å²) >= 11 is 1.75. The lowest BCUT2D eigenvalue weighted by Crippen LogP contribution is -2.02. The van der Waals surface area contributed by atoms with Crippen molar-refractivity contribution in [2.75, 3.05) is 0 Å². The van der Waals surface area contributed by atoms with Crippen LogP contribution in [0.3, 0.4) is 0 Å². The molecule has 0 aliphatic carbocycles. The normalized spacial score (nSPS) is 12.1. The fraction of sp³-hybridized carbons (Fsp3) is 0. The Bertz CT molecular complexity index is 4560. The predicted octanol–water partition coefficient (Wildman–Crippen LogP) is 17.1. The summed E-state index contributed by atoms with van der Waals surface area (Å²) in [6, 6.07) is 78.6. The largest absolute Gasteiger partial charge is 0.456 e. The van der Waals surface area contributed by atoms with Crippen LogP contribution in [0, 0.1) is 0 Å². The first-order valence-electron chi connectivity index (χ1n) is 23.0. The summed E-state index contributed by atoms with van der Waals surface area (Å²) in [5, 5.41) is 11.9. The van der Waals surface area contributed by atoms with E-state index in [0.29, 0.717) is 5.95 Å². The monoisotopic (exact) mass is 884 g/mol. The maximum atomic E-state index is 6.27. The van der Waals surface area contributed by atoms with E-state index in [1.165, 1.54) is 53.7 Å². The fourth-order valence-electron chi connectivity index (χ4n) is 10.8. The maximum absolute atomic E-state index is 6.27. The van der Waals surface area contributed by atoms with Gasteiger partial charge in [0.25, 0.3) is 0 Å². The summed E-state index contributed by atoms with van der Waals surface area (Å²) in [5.74, 6) is 0.652. The van der Waals surface area contributed by atoms with Gasteiger partial charge in [-0.1, -0.05) is 152 Å². The zero-order valence-corrected chi connectivity index (χ0v) is 37.2. The van der Waals surface area contributed by atoms with Gasteiger partial charge in [-0.05, 0) is 105 Å². The number of nitrogens with zero attached hydrogens (tertiary/aromatic N) is 4. The van der Waals surface area contributed by atoms with Crippen LogP contribution in [-0.2, 0) is 0 Å². The summed E-state index contributed by atoms with van der Waals surface area (Å²) < 4.78 is 12.0. The minimum absolute atomic E-state index is 0.652. The van der Waals surface area contributed by atoms with Crippen molar-refractivity contribution in [3.63, 3.8) is 0 Å². The number of thiophene rings is 1. The molecular weight excluding hydrogens is 849 g/mol. The van der Waals surface area contributed by atoms with Crippen molar-refractivity contribution in [1.29, 1.82) is 0 Å². The van der Waals surface area contributed by atoms with Gasteiger partial charge < -0.3 is 8.98 Å². The third-order valence-corrected chi connectivity index (χ3v) is 15.1. The molecule has 0 aliphatic heterocycles. The first kappa shape index (κ1) is 37.4. The SMILES string of the molecule is c1ccc(-c2cc3nc(-n4c5ccc(-c6ccc7c(c6)c6c8ccccc8ccc6n7-c6ccc7oc8ccccc8c7c6)cc5c5c6ccccc6ccc54)nc(-c4ccccc4)c3s2)cc1. The lowest BCUT2D eigenvalue weighted by molar-refractivity contribution is 0.669. The maximum Gasteiger partial charge on any atom is 0.235 e. The van der Waals surface area contributed by atoms with Crippen molar-refractivity contribution in [3.05, 3.63) is 218 Å². The molecule has 68 heavy (non-hydrogen) atoms. The number of aromatic nitrogens is 4. The Hall–Kier alpha value is -8.84. The number of hydrogen-bond donors (Lipinski definition) is 0. The molecule has 6 heteroatoms.